The van der Waals surface area contributed by atoms with E-state index in [1.807, 2.05) is 20.8 Å². The van der Waals surface area contributed by atoms with Crippen LogP contribution in [0.25, 0.3) is 11.3 Å². The van der Waals surface area contributed by atoms with E-state index in [0.717, 1.165) is 16.8 Å². The lowest BCUT2D eigenvalue weighted by Crippen LogP contribution is -2.03. The lowest BCUT2D eigenvalue weighted by atomic mass is 9.98. The van der Waals surface area contributed by atoms with Crippen molar-refractivity contribution < 1.29 is 9.07 Å². The van der Waals surface area contributed by atoms with Crippen LogP contribution in [0, 0.1) is 45.9 Å². The van der Waals surface area contributed by atoms with Crippen LogP contribution in [0.4, 0.5) is 0 Å². The second kappa shape index (κ2) is 6.06. The van der Waals surface area contributed by atoms with E-state index in [9.17, 15) is 5.26 Å². The van der Waals surface area contributed by atoms with Crippen LogP contribution in [0.15, 0.2) is 10.6 Å². The zero-order chi connectivity index (χ0) is 16.4. The Balaban J connectivity index is 2.81. The summed E-state index contributed by atoms with van der Waals surface area (Å²) in [6.45, 7) is 9.21. The van der Waals surface area contributed by atoms with Gasteiger partial charge in [-0.2, -0.15) is 5.26 Å². The van der Waals surface area contributed by atoms with Gasteiger partial charge in [-0.05, 0) is 38.8 Å². The molecule has 110 valence electrons. The molecule has 0 fully saturated rings. The zero-order valence-corrected chi connectivity index (χ0v) is 13.3. The van der Waals surface area contributed by atoms with Gasteiger partial charge < -0.3 is 9.07 Å². The van der Waals surface area contributed by atoms with Crippen molar-refractivity contribution >= 4 is 19.4 Å². The third-order valence-electron chi connectivity index (χ3n) is 3.59. The number of oxazole rings is 1. The molecule has 0 N–H and O–H groups in total. The maximum absolute atomic E-state index is 9.58. The molecule has 0 aliphatic carbocycles. The van der Waals surface area contributed by atoms with Crippen LogP contribution in [0.5, 0.6) is 0 Å². The van der Waals surface area contributed by atoms with E-state index < -0.39 is 0 Å². The second-order valence-corrected chi connectivity index (χ2v) is 5.11. The van der Waals surface area contributed by atoms with E-state index in [2.05, 4.69) is 16.0 Å². The molecule has 22 heavy (non-hydrogen) atoms. The summed E-state index contributed by atoms with van der Waals surface area (Å²) in [6.07, 6.45) is 1.78. The molecular formula is C16H16BN3O2. The first-order valence-electron chi connectivity index (χ1n) is 6.79. The predicted octanol–water partition coefficient (Wildman–Crippen LogP) is 3.10. The molecule has 2 radical (unpaired) electrons. The molecule has 0 bridgehead atoms. The van der Waals surface area contributed by atoms with Crippen molar-refractivity contribution in [1.82, 2.24) is 9.97 Å². The number of aromatic nitrogens is 2. The Hall–Kier alpha value is -2.55. The molecule has 5 nitrogen and oxygen atoms in total. The van der Waals surface area contributed by atoms with Gasteiger partial charge in [-0.3, -0.25) is 4.98 Å². The number of pyridine rings is 1. The highest BCUT2D eigenvalue weighted by atomic mass is 16.4. The molecule has 0 aliphatic rings. The average Bonchev–Trinajstić information content (AvgIpc) is 2.81. The van der Waals surface area contributed by atoms with E-state index in [4.69, 9.17) is 17.1 Å². The monoisotopic (exact) mass is 293 g/mol. The largest absolute Gasteiger partial charge is 0.566 e. The van der Waals surface area contributed by atoms with Gasteiger partial charge in [0.05, 0.1) is 5.69 Å². The molecule has 0 saturated carbocycles. The first kappa shape index (κ1) is 15.8. The number of allylic oxidation sites excluding steroid dienone is 1. The highest BCUT2D eigenvalue weighted by molar-refractivity contribution is 6.06. The van der Waals surface area contributed by atoms with Gasteiger partial charge in [-0.15, -0.1) is 0 Å². The number of nitriles is 1. The Morgan fingerprint density at radius 1 is 1.23 bits per heavy atom. The summed E-state index contributed by atoms with van der Waals surface area (Å²) in [5, 5.41) is 9.58. The van der Waals surface area contributed by atoms with Gasteiger partial charge in [0.15, 0.2) is 11.7 Å². The SMILES string of the molecule is [B]OC(=C(C#N)c1oc(C)nc1C)c1c(C)ncc(C)c1C. The molecule has 0 atom stereocenters. The van der Waals surface area contributed by atoms with E-state index in [1.54, 1.807) is 20.0 Å². The van der Waals surface area contributed by atoms with E-state index >= 15 is 0 Å². The van der Waals surface area contributed by atoms with Crippen molar-refractivity contribution in [3.8, 4) is 6.07 Å². The van der Waals surface area contributed by atoms with E-state index in [1.165, 1.54) is 0 Å². The van der Waals surface area contributed by atoms with Gasteiger partial charge in [0.25, 0.3) is 0 Å². The van der Waals surface area contributed by atoms with Crippen molar-refractivity contribution in [2.45, 2.75) is 34.6 Å². The summed E-state index contributed by atoms with van der Waals surface area (Å²) in [5.41, 5.74) is 4.18. The minimum atomic E-state index is 0.208. The van der Waals surface area contributed by atoms with Crippen LogP contribution in [0.2, 0.25) is 0 Å². The fourth-order valence-corrected chi connectivity index (χ4v) is 2.37. The molecular weight excluding hydrogens is 277 g/mol. The zero-order valence-electron chi connectivity index (χ0n) is 13.3. The summed E-state index contributed by atoms with van der Waals surface area (Å²) >= 11 is 0. The van der Waals surface area contributed by atoms with Crippen molar-refractivity contribution in [3.05, 3.63) is 45.9 Å². The van der Waals surface area contributed by atoms with E-state index in [0.29, 0.717) is 22.9 Å². The minimum Gasteiger partial charge on any atom is -0.566 e. The quantitative estimate of drug-likeness (QED) is 0.494. The lowest BCUT2D eigenvalue weighted by molar-refractivity contribution is 0.507. The smallest absolute Gasteiger partial charge is 0.374 e. The fourth-order valence-electron chi connectivity index (χ4n) is 2.37. The molecule has 2 rings (SSSR count). The predicted molar refractivity (Wildman–Crippen MR) is 83.7 cm³/mol. The average molecular weight is 293 g/mol. The lowest BCUT2D eigenvalue weighted by Gasteiger charge is -2.15. The maximum Gasteiger partial charge on any atom is 0.374 e. The third-order valence-corrected chi connectivity index (χ3v) is 3.59. The molecule has 2 aromatic rings. The molecule has 0 saturated heterocycles. The van der Waals surface area contributed by atoms with Crippen LogP contribution in [-0.2, 0) is 4.65 Å². The van der Waals surface area contributed by atoms with Crippen molar-refractivity contribution in [2.75, 3.05) is 0 Å². The summed E-state index contributed by atoms with van der Waals surface area (Å²) < 4.78 is 10.6. The topological polar surface area (TPSA) is 71.9 Å². The van der Waals surface area contributed by atoms with Gasteiger partial charge in [0.2, 0.25) is 0 Å². The molecule has 0 aliphatic heterocycles. The Bertz CT molecular complexity index is 800. The summed E-state index contributed by atoms with van der Waals surface area (Å²) in [6, 6.07) is 2.11. The molecule has 0 unspecified atom stereocenters. The van der Waals surface area contributed by atoms with Crippen LogP contribution in [-0.4, -0.2) is 18.0 Å². The first-order chi connectivity index (χ1) is 10.4. The molecule has 0 spiro atoms. The fraction of sp³-hybridized carbons (Fsp3) is 0.312. The standard InChI is InChI=1S/C16H16BN3O2/c1-8-7-19-10(3)14(9(8)2)16(22-17)13(6-18)15-11(4)20-12(5)21-15/h7H,1-5H3. The van der Waals surface area contributed by atoms with Crippen LogP contribution in [0.1, 0.15) is 39.7 Å². The second-order valence-electron chi connectivity index (χ2n) is 5.11. The highest BCUT2D eigenvalue weighted by Crippen LogP contribution is 2.32. The summed E-state index contributed by atoms with van der Waals surface area (Å²) in [5.74, 6) is 1.08. The third kappa shape index (κ3) is 2.62. The molecule has 6 heteroatoms. The number of rotatable bonds is 3. The van der Waals surface area contributed by atoms with Crippen molar-refractivity contribution in [1.29, 1.82) is 5.26 Å². The number of hydrogen-bond acceptors (Lipinski definition) is 5. The van der Waals surface area contributed by atoms with Crippen molar-refractivity contribution in [2.24, 2.45) is 0 Å². The van der Waals surface area contributed by atoms with Crippen LogP contribution >= 0.6 is 0 Å². The van der Waals surface area contributed by atoms with E-state index in [-0.39, 0.29) is 11.3 Å². The Morgan fingerprint density at radius 2 is 1.91 bits per heavy atom. The van der Waals surface area contributed by atoms with Gasteiger partial charge in [0.1, 0.15) is 17.4 Å². The van der Waals surface area contributed by atoms with Gasteiger partial charge in [-0.25, -0.2) is 4.98 Å². The first-order valence-corrected chi connectivity index (χ1v) is 6.79. The Labute approximate surface area is 131 Å². The Morgan fingerprint density at radius 3 is 2.41 bits per heavy atom. The summed E-state index contributed by atoms with van der Waals surface area (Å²) in [7, 11) is 5.46. The summed E-state index contributed by atoms with van der Waals surface area (Å²) in [4.78, 5) is 8.51. The maximum atomic E-state index is 9.58. The molecule has 0 amide bonds. The minimum absolute atomic E-state index is 0.208. The Kier molecular flexibility index (Phi) is 4.36. The van der Waals surface area contributed by atoms with Crippen LogP contribution < -0.4 is 0 Å². The highest BCUT2D eigenvalue weighted by Gasteiger charge is 2.22. The van der Waals surface area contributed by atoms with Crippen LogP contribution in [0.3, 0.4) is 0 Å². The molecule has 2 heterocycles. The number of nitrogens with zero attached hydrogens (tertiary/aromatic N) is 3. The van der Waals surface area contributed by atoms with Gasteiger partial charge >= 0.3 is 8.05 Å². The normalized spacial score (nSPS) is 11.8. The van der Waals surface area contributed by atoms with Crippen molar-refractivity contribution in [3.63, 3.8) is 0 Å². The van der Waals surface area contributed by atoms with Gasteiger partial charge in [0, 0.05) is 24.4 Å². The number of aryl methyl sites for hydroxylation is 4. The number of hydrogen-bond donors (Lipinski definition) is 0. The van der Waals surface area contributed by atoms with Gasteiger partial charge in [-0.1, -0.05) is 0 Å². The molecule has 0 aromatic carbocycles. The molecule has 2 aromatic heterocycles.